The maximum atomic E-state index is 13.5. The standard InChI is InChI=1S/C26H30N6O6/c1-5-14(2)32-21(34)17(20(33)28-24(32)37)13-27-16-8-9-18-15(11-16)12-26(19-7-6-10-31(18)19)22(35)29(3)25(38)30(4)23(26)36/h8-9,11,13-14,19,34H,5-7,10,12H2,1-4H3,(H,28,33,37)/t14-,19+/m1/s1. The van der Waals surface area contributed by atoms with Gasteiger partial charge in [-0.15, -0.1) is 0 Å². The summed E-state index contributed by atoms with van der Waals surface area (Å²) in [5.41, 5.74) is -0.993. The van der Waals surface area contributed by atoms with Gasteiger partial charge in [-0.05, 0) is 56.4 Å². The van der Waals surface area contributed by atoms with Crippen LogP contribution in [0.25, 0.3) is 0 Å². The lowest BCUT2D eigenvalue weighted by Crippen LogP contribution is -2.70. The van der Waals surface area contributed by atoms with E-state index in [0.717, 1.165) is 32.0 Å². The maximum Gasteiger partial charge on any atom is 0.332 e. The van der Waals surface area contributed by atoms with Gasteiger partial charge in [0.05, 0.1) is 11.7 Å². The zero-order valence-electron chi connectivity index (χ0n) is 21.7. The third-order valence-corrected chi connectivity index (χ3v) is 8.14. The number of anilines is 1. The van der Waals surface area contributed by atoms with Crippen molar-refractivity contribution in [2.75, 3.05) is 25.5 Å². The number of nitrogens with zero attached hydrogens (tertiary/aromatic N) is 5. The second kappa shape index (κ2) is 8.96. The molecular formula is C26H30N6O6. The summed E-state index contributed by atoms with van der Waals surface area (Å²) in [7, 11) is 2.79. The van der Waals surface area contributed by atoms with E-state index in [4.69, 9.17) is 0 Å². The summed E-state index contributed by atoms with van der Waals surface area (Å²) in [6.07, 6.45) is 3.33. The lowest BCUT2D eigenvalue weighted by atomic mass is 9.68. The number of benzene rings is 1. The highest BCUT2D eigenvalue weighted by Gasteiger charge is 2.63. The van der Waals surface area contributed by atoms with E-state index in [-0.39, 0.29) is 24.1 Å². The number of H-pyrrole nitrogens is 1. The van der Waals surface area contributed by atoms with Crippen molar-refractivity contribution >= 4 is 35.4 Å². The SMILES string of the molecule is CC[C@@H](C)n1c(O)c(C=Nc2ccc3c(c2)CC2(C(=O)N(C)C(=O)N(C)C2=O)[C@@H]2CCCN32)c(=O)[nH]c1=O. The fraction of sp³-hybridized carbons (Fsp3) is 0.462. The average Bonchev–Trinajstić information content (AvgIpc) is 3.40. The first-order valence-electron chi connectivity index (χ1n) is 12.6. The Hall–Kier alpha value is -4.22. The molecule has 1 spiro atoms. The Kier molecular flexibility index (Phi) is 6.00. The first-order chi connectivity index (χ1) is 18.0. The van der Waals surface area contributed by atoms with Crippen LogP contribution in [0.15, 0.2) is 32.8 Å². The summed E-state index contributed by atoms with van der Waals surface area (Å²) in [5.74, 6) is -1.49. The van der Waals surface area contributed by atoms with E-state index >= 15 is 0 Å². The van der Waals surface area contributed by atoms with Crippen LogP contribution in [-0.4, -0.2) is 75.2 Å². The first kappa shape index (κ1) is 25.4. The van der Waals surface area contributed by atoms with E-state index in [1.54, 1.807) is 19.1 Å². The third kappa shape index (κ3) is 3.50. The van der Waals surface area contributed by atoms with Gasteiger partial charge in [0.15, 0.2) is 5.41 Å². The molecule has 0 saturated carbocycles. The molecule has 2 aromatic rings. The number of hydrogen-bond acceptors (Lipinski definition) is 8. The second-order valence-corrected chi connectivity index (χ2v) is 10.2. The zero-order valence-corrected chi connectivity index (χ0v) is 21.7. The number of urea groups is 1. The number of aromatic nitrogens is 2. The van der Waals surface area contributed by atoms with Gasteiger partial charge < -0.3 is 10.0 Å². The van der Waals surface area contributed by atoms with E-state index in [1.807, 2.05) is 13.0 Å². The maximum absolute atomic E-state index is 13.5. The number of aromatic hydroxyl groups is 1. The number of rotatable bonds is 4. The van der Waals surface area contributed by atoms with Gasteiger partial charge in [0.2, 0.25) is 17.7 Å². The summed E-state index contributed by atoms with van der Waals surface area (Å²) in [4.78, 5) is 74.9. The predicted octanol–water partition coefficient (Wildman–Crippen LogP) is 1.53. The van der Waals surface area contributed by atoms with Gasteiger partial charge in [-0.25, -0.2) is 9.59 Å². The number of aromatic amines is 1. The molecule has 3 aliphatic rings. The lowest BCUT2D eigenvalue weighted by Gasteiger charge is -2.50. The van der Waals surface area contributed by atoms with Gasteiger partial charge in [0.1, 0.15) is 5.56 Å². The van der Waals surface area contributed by atoms with Crippen molar-refractivity contribution < 1.29 is 19.5 Å². The van der Waals surface area contributed by atoms with Gasteiger partial charge in [0.25, 0.3) is 5.56 Å². The molecule has 38 heavy (non-hydrogen) atoms. The van der Waals surface area contributed by atoms with E-state index in [0.29, 0.717) is 25.1 Å². The minimum Gasteiger partial charge on any atom is -0.494 e. The summed E-state index contributed by atoms with van der Waals surface area (Å²) in [5, 5.41) is 10.7. The van der Waals surface area contributed by atoms with E-state index < -0.39 is 40.4 Å². The van der Waals surface area contributed by atoms with Crippen molar-refractivity contribution in [3.05, 3.63) is 50.2 Å². The topological polar surface area (TPSA) is 148 Å². The fourth-order valence-electron chi connectivity index (χ4n) is 5.98. The molecule has 2 saturated heterocycles. The predicted molar refractivity (Wildman–Crippen MR) is 139 cm³/mol. The number of aliphatic imine (C=N–C) groups is 1. The van der Waals surface area contributed by atoms with Crippen molar-refractivity contribution in [1.82, 2.24) is 19.4 Å². The minimum atomic E-state index is -1.43. The van der Waals surface area contributed by atoms with Gasteiger partial charge in [-0.3, -0.25) is 38.7 Å². The molecule has 0 unspecified atom stereocenters. The van der Waals surface area contributed by atoms with Crippen LogP contribution in [0.5, 0.6) is 5.88 Å². The molecule has 0 radical (unpaired) electrons. The zero-order chi connectivity index (χ0) is 27.5. The lowest BCUT2D eigenvalue weighted by molar-refractivity contribution is -0.159. The Morgan fingerprint density at radius 3 is 2.50 bits per heavy atom. The molecule has 1 aromatic heterocycles. The summed E-state index contributed by atoms with van der Waals surface area (Å²) in [6, 6.07) is 4.02. The number of carbonyl (C=O) groups is 3. The highest BCUT2D eigenvalue weighted by Crippen LogP contribution is 2.49. The second-order valence-electron chi connectivity index (χ2n) is 10.2. The van der Waals surface area contributed by atoms with Crippen molar-refractivity contribution in [1.29, 1.82) is 0 Å². The van der Waals surface area contributed by atoms with Crippen LogP contribution in [0.1, 0.15) is 50.3 Å². The number of fused-ring (bicyclic) bond motifs is 4. The quantitative estimate of drug-likeness (QED) is 0.457. The van der Waals surface area contributed by atoms with Gasteiger partial charge >= 0.3 is 11.7 Å². The van der Waals surface area contributed by atoms with Crippen LogP contribution in [0.4, 0.5) is 16.2 Å². The molecule has 3 aliphatic heterocycles. The van der Waals surface area contributed by atoms with E-state index in [2.05, 4.69) is 14.9 Å². The molecular weight excluding hydrogens is 492 g/mol. The van der Waals surface area contributed by atoms with Gasteiger partial charge in [-0.2, -0.15) is 0 Å². The molecule has 1 aromatic carbocycles. The summed E-state index contributed by atoms with van der Waals surface area (Å²) >= 11 is 0. The largest absolute Gasteiger partial charge is 0.494 e. The number of imide groups is 2. The molecule has 4 heterocycles. The monoisotopic (exact) mass is 522 g/mol. The normalized spacial score (nSPS) is 21.4. The van der Waals surface area contributed by atoms with Gasteiger partial charge in [-0.1, -0.05) is 6.92 Å². The summed E-state index contributed by atoms with van der Waals surface area (Å²) < 4.78 is 1.11. The highest BCUT2D eigenvalue weighted by atomic mass is 16.3. The molecule has 12 nitrogen and oxygen atoms in total. The number of barbiturate groups is 1. The first-order valence-corrected chi connectivity index (χ1v) is 12.6. The molecule has 0 bridgehead atoms. The molecule has 2 N–H and O–H groups in total. The third-order valence-electron chi connectivity index (χ3n) is 8.14. The smallest absolute Gasteiger partial charge is 0.332 e. The van der Waals surface area contributed by atoms with Crippen LogP contribution in [0.2, 0.25) is 0 Å². The molecule has 5 rings (SSSR count). The molecule has 2 atom stereocenters. The average molecular weight is 523 g/mol. The highest BCUT2D eigenvalue weighted by molar-refractivity contribution is 6.20. The van der Waals surface area contributed by atoms with Crippen molar-refractivity contribution in [3.63, 3.8) is 0 Å². The van der Waals surface area contributed by atoms with E-state index in [1.165, 1.54) is 20.3 Å². The number of hydrogen-bond donors (Lipinski definition) is 2. The molecule has 2 fully saturated rings. The van der Waals surface area contributed by atoms with Crippen LogP contribution in [-0.2, 0) is 16.0 Å². The molecule has 200 valence electrons. The fourth-order valence-corrected chi connectivity index (χ4v) is 5.98. The molecule has 0 aliphatic carbocycles. The Morgan fingerprint density at radius 1 is 1.16 bits per heavy atom. The van der Waals surface area contributed by atoms with Crippen LogP contribution >= 0.6 is 0 Å². The van der Waals surface area contributed by atoms with Crippen molar-refractivity contribution in [2.45, 2.75) is 51.6 Å². The Bertz CT molecular complexity index is 1480. The number of carbonyl (C=O) groups excluding carboxylic acids is 3. The van der Waals surface area contributed by atoms with E-state index in [9.17, 15) is 29.1 Å². The van der Waals surface area contributed by atoms with Crippen molar-refractivity contribution in [3.8, 4) is 5.88 Å². The Balaban J connectivity index is 1.57. The van der Waals surface area contributed by atoms with Gasteiger partial charge in [0, 0.05) is 38.6 Å². The summed E-state index contributed by atoms with van der Waals surface area (Å²) in [6.45, 7) is 4.28. The number of nitrogens with one attached hydrogen (secondary N) is 1. The van der Waals surface area contributed by atoms with Crippen LogP contribution in [0, 0.1) is 5.41 Å². The number of amides is 4. The Labute approximate surface area is 218 Å². The van der Waals surface area contributed by atoms with Crippen LogP contribution in [0.3, 0.4) is 0 Å². The molecule has 12 heteroatoms. The van der Waals surface area contributed by atoms with Crippen molar-refractivity contribution in [2.24, 2.45) is 10.4 Å². The van der Waals surface area contributed by atoms with Crippen LogP contribution < -0.4 is 16.1 Å². The Morgan fingerprint density at radius 2 is 1.84 bits per heavy atom. The minimum absolute atomic E-state index is 0.108. The molecule has 4 amide bonds.